The number of rotatable bonds is 3. The summed E-state index contributed by atoms with van der Waals surface area (Å²) < 4.78 is 0. The molecule has 2 aromatic carbocycles. The predicted octanol–water partition coefficient (Wildman–Crippen LogP) is 4.78. The van der Waals surface area contributed by atoms with Crippen LogP contribution in [0.3, 0.4) is 0 Å². The van der Waals surface area contributed by atoms with Crippen LogP contribution in [0.15, 0.2) is 42.5 Å². The van der Waals surface area contributed by atoms with Gasteiger partial charge < -0.3 is 0 Å². The first-order valence-corrected chi connectivity index (χ1v) is 7.57. The summed E-state index contributed by atoms with van der Waals surface area (Å²) in [5.74, 6) is 0.658. The van der Waals surface area contributed by atoms with Crippen molar-refractivity contribution in [1.82, 2.24) is 0 Å². The SMILES string of the molecule is CC1(C)CCCC1C(=O)Cc1cccc2ccccc12. The minimum Gasteiger partial charge on any atom is -0.299 e. The van der Waals surface area contributed by atoms with Crippen molar-refractivity contribution in [3.8, 4) is 0 Å². The predicted molar refractivity (Wildman–Crippen MR) is 83.8 cm³/mol. The third-order valence-corrected chi connectivity index (χ3v) is 4.89. The largest absolute Gasteiger partial charge is 0.299 e. The summed E-state index contributed by atoms with van der Waals surface area (Å²) in [5.41, 5.74) is 1.36. The van der Waals surface area contributed by atoms with Gasteiger partial charge in [-0.05, 0) is 34.6 Å². The molecule has 1 nitrogen and oxygen atoms in total. The van der Waals surface area contributed by atoms with Crippen molar-refractivity contribution in [3.63, 3.8) is 0 Å². The normalized spacial score (nSPS) is 21.2. The van der Waals surface area contributed by atoms with Crippen molar-refractivity contribution in [2.75, 3.05) is 0 Å². The fourth-order valence-corrected chi connectivity index (χ4v) is 3.68. The third-order valence-electron chi connectivity index (χ3n) is 4.89. The highest BCUT2D eigenvalue weighted by molar-refractivity contribution is 5.92. The zero-order valence-corrected chi connectivity index (χ0v) is 12.4. The monoisotopic (exact) mass is 266 g/mol. The number of ketones is 1. The topological polar surface area (TPSA) is 17.1 Å². The highest BCUT2D eigenvalue weighted by atomic mass is 16.1. The number of benzene rings is 2. The lowest BCUT2D eigenvalue weighted by atomic mass is 9.78. The van der Waals surface area contributed by atoms with Gasteiger partial charge in [-0.2, -0.15) is 0 Å². The van der Waals surface area contributed by atoms with Crippen LogP contribution in [0, 0.1) is 11.3 Å². The zero-order chi connectivity index (χ0) is 14.2. The van der Waals surface area contributed by atoms with Crippen LogP contribution < -0.4 is 0 Å². The Morgan fingerprint density at radius 1 is 1.15 bits per heavy atom. The average molecular weight is 266 g/mol. The van der Waals surface area contributed by atoms with E-state index in [4.69, 9.17) is 0 Å². The van der Waals surface area contributed by atoms with Crippen LogP contribution >= 0.6 is 0 Å². The van der Waals surface area contributed by atoms with Crippen LogP contribution in [0.5, 0.6) is 0 Å². The minimum absolute atomic E-state index is 0.182. The Morgan fingerprint density at radius 2 is 1.90 bits per heavy atom. The van der Waals surface area contributed by atoms with Gasteiger partial charge in [-0.3, -0.25) is 4.79 Å². The molecule has 0 heterocycles. The molecule has 0 aromatic heterocycles. The van der Waals surface area contributed by atoms with E-state index in [0.29, 0.717) is 12.2 Å². The van der Waals surface area contributed by atoms with Gasteiger partial charge in [0.25, 0.3) is 0 Å². The molecule has 1 fully saturated rings. The number of hydrogen-bond acceptors (Lipinski definition) is 1. The van der Waals surface area contributed by atoms with E-state index >= 15 is 0 Å². The number of hydrogen-bond donors (Lipinski definition) is 0. The first-order chi connectivity index (χ1) is 9.58. The molecule has 2 aromatic rings. The van der Waals surface area contributed by atoms with Gasteiger partial charge in [0.15, 0.2) is 0 Å². The van der Waals surface area contributed by atoms with Crippen LogP contribution in [-0.2, 0) is 11.2 Å². The summed E-state index contributed by atoms with van der Waals surface area (Å²) >= 11 is 0. The van der Waals surface area contributed by atoms with Crippen LogP contribution in [0.25, 0.3) is 10.8 Å². The first-order valence-electron chi connectivity index (χ1n) is 7.57. The Labute approximate surface area is 121 Å². The molecule has 0 radical (unpaired) electrons. The molecule has 0 N–H and O–H groups in total. The molecule has 0 bridgehead atoms. The standard InChI is InChI=1S/C19H22O/c1-19(2)12-6-11-17(19)18(20)13-15-9-5-8-14-7-3-4-10-16(14)15/h3-5,7-10,17H,6,11-13H2,1-2H3. The number of Topliss-reactive ketones (excluding diaryl/α,β-unsaturated/α-hetero) is 1. The lowest BCUT2D eigenvalue weighted by Crippen LogP contribution is -2.27. The van der Waals surface area contributed by atoms with Crippen molar-refractivity contribution in [2.45, 2.75) is 39.5 Å². The molecule has 1 atom stereocenters. The molecule has 0 aliphatic heterocycles. The number of carbonyl (C=O) groups is 1. The Bertz CT molecular complexity index is 634. The molecule has 1 unspecified atom stereocenters. The maximum atomic E-state index is 12.7. The molecule has 1 aliphatic rings. The molecular formula is C19H22O. The number of carbonyl (C=O) groups excluding carboxylic acids is 1. The van der Waals surface area contributed by atoms with Gasteiger partial charge in [0.05, 0.1) is 0 Å². The summed E-state index contributed by atoms with van der Waals surface area (Å²) in [5, 5.41) is 2.45. The molecule has 0 spiro atoms. The van der Waals surface area contributed by atoms with E-state index in [-0.39, 0.29) is 11.3 Å². The van der Waals surface area contributed by atoms with Gasteiger partial charge in [0.1, 0.15) is 5.78 Å². The quantitative estimate of drug-likeness (QED) is 0.781. The molecular weight excluding hydrogens is 244 g/mol. The highest BCUT2D eigenvalue weighted by Gasteiger charge is 2.38. The molecule has 104 valence electrons. The first kappa shape index (κ1) is 13.4. The van der Waals surface area contributed by atoms with E-state index in [1.54, 1.807) is 0 Å². The lowest BCUT2D eigenvalue weighted by Gasteiger charge is -2.25. The maximum Gasteiger partial charge on any atom is 0.140 e. The van der Waals surface area contributed by atoms with Crippen LogP contribution in [0.2, 0.25) is 0 Å². The van der Waals surface area contributed by atoms with Crippen LogP contribution in [0.1, 0.15) is 38.7 Å². The van der Waals surface area contributed by atoms with E-state index in [1.807, 2.05) is 6.07 Å². The van der Waals surface area contributed by atoms with E-state index < -0.39 is 0 Å². The second-order valence-electron chi connectivity index (χ2n) is 6.71. The molecule has 1 heteroatoms. The summed E-state index contributed by atoms with van der Waals surface area (Å²) in [4.78, 5) is 12.7. The Morgan fingerprint density at radius 3 is 2.65 bits per heavy atom. The molecule has 20 heavy (non-hydrogen) atoms. The van der Waals surface area contributed by atoms with E-state index in [2.05, 4.69) is 50.2 Å². The van der Waals surface area contributed by atoms with Crippen LogP contribution in [-0.4, -0.2) is 5.78 Å². The van der Waals surface area contributed by atoms with E-state index in [1.165, 1.54) is 29.2 Å². The molecule has 1 aliphatic carbocycles. The summed E-state index contributed by atoms with van der Waals surface area (Å²) in [7, 11) is 0. The van der Waals surface area contributed by atoms with Gasteiger partial charge in [-0.1, -0.05) is 62.7 Å². The van der Waals surface area contributed by atoms with Gasteiger partial charge in [0, 0.05) is 12.3 Å². The fourth-order valence-electron chi connectivity index (χ4n) is 3.68. The van der Waals surface area contributed by atoms with Crippen molar-refractivity contribution in [3.05, 3.63) is 48.0 Å². The van der Waals surface area contributed by atoms with Gasteiger partial charge in [-0.25, -0.2) is 0 Å². The molecule has 0 saturated heterocycles. The van der Waals surface area contributed by atoms with Crippen molar-refractivity contribution in [2.24, 2.45) is 11.3 Å². The van der Waals surface area contributed by atoms with Crippen molar-refractivity contribution < 1.29 is 4.79 Å². The Hall–Kier alpha value is -1.63. The van der Waals surface area contributed by atoms with Crippen LogP contribution in [0.4, 0.5) is 0 Å². The summed E-state index contributed by atoms with van der Waals surface area (Å²) in [6.45, 7) is 4.48. The lowest BCUT2D eigenvalue weighted by molar-refractivity contribution is -0.124. The molecule has 1 saturated carbocycles. The fraction of sp³-hybridized carbons (Fsp3) is 0.421. The highest BCUT2D eigenvalue weighted by Crippen LogP contribution is 2.43. The minimum atomic E-state index is 0.182. The van der Waals surface area contributed by atoms with Crippen molar-refractivity contribution in [1.29, 1.82) is 0 Å². The molecule has 3 rings (SSSR count). The average Bonchev–Trinajstić information content (AvgIpc) is 2.79. The van der Waals surface area contributed by atoms with E-state index in [9.17, 15) is 4.79 Å². The second kappa shape index (κ2) is 5.05. The Kier molecular flexibility index (Phi) is 3.37. The summed E-state index contributed by atoms with van der Waals surface area (Å²) in [6.07, 6.45) is 4.02. The van der Waals surface area contributed by atoms with E-state index in [0.717, 1.165) is 6.42 Å². The third kappa shape index (κ3) is 2.37. The second-order valence-corrected chi connectivity index (χ2v) is 6.71. The van der Waals surface area contributed by atoms with Gasteiger partial charge in [-0.15, -0.1) is 0 Å². The zero-order valence-electron chi connectivity index (χ0n) is 12.4. The number of fused-ring (bicyclic) bond motifs is 1. The van der Waals surface area contributed by atoms with Crippen molar-refractivity contribution >= 4 is 16.6 Å². The van der Waals surface area contributed by atoms with Gasteiger partial charge in [0.2, 0.25) is 0 Å². The smallest absolute Gasteiger partial charge is 0.140 e. The maximum absolute atomic E-state index is 12.7. The molecule has 0 amide bonds. The van der Waals surface area contributed by atoms with Gasteiger partial charge >= 0.3 is 0 Å². The summed E-state index contributed by atoms with van der Waals surface area (Å²) in [6, 6.07) is 14.6. The Balaban J connectivity index is 1.88.